The Morgan fingerprint density at radius 2 is 1.82 bits per heavy atom. The molecule has 9 heteroatoms. The highest BCUT2D eigenvalue weighted by Crippen LogP contribution is 2.39. The van der Waals surface area contributed by atoms with Crippen LogP contribution in [-0.4, -0.2) is 35.8 Å². The second kappa shape index (κ2) is 9.36. The van der Waals surface area contributed by atoms with Crippen molar-refractivity contribution < 1.29 is 27.4 Å². The van der Waals surface area contributed by atoms with E-state index in [1.807, 2.05) is 6.92 Å². The van der Waals surface area contributed by atoms with Crippen LogP contribution in [0.2, 0.25) is 0 Å². The van der Waals surface area contributed by atoms with Crippen molar-refractivity contribution in [1.82, 2.24) is 9.97 Å². The van der Waals surface area contributed by atoms with Crippen LogP contribution >= 0.6 is 11.8 Å². The third-order valence-electron chi connectivity index (χ3n) is 3.98. The molecule has 0 aliphatic heterocycles. The molecule has 1 aromatic carbocycles. The molecule has 0 radical (unpaired) electrons. The molecule has 0 saturated heterocycles. The molecule has 0 saturated carbocycles. The summed E-state index contributed by atoms with van der Waals surface area (Å²) in [5.41, 5.74) is 1.66. The zero-order chi connectivity index (χ0) is 20.9. The lowest BCUT2D eigenvalue weighted by molar-refractivity contribution is -0.274. The second-order valence-corrected chi connectivity index (χ2v) is 7.36. The summed E-state index contributed by atoms with van der Waals surface area (Å²) in [6.07, 6.45) is -3.15. The largest absolute Gasteiger partial charge is 0.573 e. The van der Waals surface area contributed by atoms with Gasteiger partial charge >= 0.3 is 6.36 Å². The van der Waals surface area contributed by atoms with Crippen molar-refractivity contribution in [3.05, 3.63) is 23.9 Å². The molecule has 0 bridgehead atoms. The Bertz CT molecular complexity index is 816. The molecule has 0 spiro atoms. The first-order chi connectivity index (χ1) is 13.2. The maximum Gasteiger partial charge on any atom is 0.573 e. The highest BCUT2D eigenvalue weighted by atomic mass is 32.2. The topological polar surface area (TPSA) is 53.5 Å². The van der Waals surface area contributed by atoms with E-state index in [-0.39, 0.29) is 17.4 Å². The first-order valence-electron chi connectivity index (χ1n) is 8.78. The molecule has 1 unspecified atom stereocenters. The summed E-state index contributed by atoms with van der Waals surface area (Å²) in [7, 11) is 2.84. The average Bonchev–Trinajstić information content (AvgIpc) is 2.66. The van der Waals surface area contributed by atoms with Gasteiger partial charge in [-0.15, -0.1) is 24.9 Å². The van der Waals surface area contributed by atoms with Crippen LogP contribution in [0.1, 0.15) is 32.9 Å². The molecule has 0 fully saturated rings. The normalized spacial score (nSPS) is 12.6. The van der Waals surface area contributed by atoms with Gasteiger partial charge in [0.05, 0.1) is 19.9 Å². The molecule has 2 rings (SSSR count). The zero-order valence-corrected chi connectivity index (χ0v) is 17.2. The van der Waals surface area contributed by atoms with Crippen molar-refractivity contribution in [2.75, 3.05) is 14.2 Å². The number of halogens is 3. The van der Waals surface area contributed by atoms with Crippen LogP contribution in [0.4, 0.5) is 13.2 Å². The number of ether oxygens (including phenoxy) is 3. The zero-order valence-electron chi connectivity index (χ0n) is 16.4. The van der Waals surface area contributed by atoms with E-state index in [0.29, 0.717) is 22.9 Å². The predicted octanol–water partition coefficient (Wildman–Crippen LogP) is 5.51. The third-order valence-corrected chi connectivity index (χ3v) is 5.26. The van der Waals surface area contributed by atoms with E-state index in [2.05, 4.69) is 28.6 Å². The number of alkyl halides is 3. The third kappa shape index (κ3) is 5.43. The van der Waals surface area contributed by atoms with Crippen LogP contribution in [0.25, 0.3) is 11.3 Å². The van der Waals surface area contributed by atoms with E-state index in [1.54, 1.807) is 11.8 Å². The van der Waals surface area contributed by atoms with Crippen LogP contribution in [0.15, 0.2) is 23.2 Å². The van der Waals surface area contributed by atoms with Gasteiger partial charge in [0.1, 0.15) is 22.2 Å². The lowest BCUT2D eigenvalue weighted by atomic mass is 10.1. The van der Waals surface area contributed by atoms with Gasteiger partial charge in [0.15, 0.2) is 0 Å². The Morgan fingerprint density at radius 3 is 2.36 bits per heavy atom. The van der Waals surface area contributed by atoms with Crippen molar-refractivity contribution in [2.24, 2.45) is 0 Å². The van der Waals surface area contributed by atoms with Crippen LogP contribution in [0.5, 0.6) is 17.4 Å². The molecule has 2 aromatic rings. The SMILES string of the molecule is CCc1nc(-c2ccc(OC(F)(F)F)cc2OC)c(OC)nc1SC(C)CC. The van der Waals surface area contributed by atoms with Crippen molar-refractivity contribution >= 4 is 11.8 Å². The summed E-state index contributed by atoms with van der Waals surface area (Å²) in [5.74, 6) is 0.0872. The molecule has 0 aliphatic rings. The van der Waals surface area contributed by atoms with Crippen molar-refractivity contribution in [3.8, 4) is 28.6 Å². The van der Waals surface area contributed by atoms with Crippen molar-refractivity contribution in [1.29, 1.82) is 0 Å². The number of thioether (sulfide) groups is 1. The molecule has 1 aromatic heterocycles. The van der Waals surface area contributed by atoms with Crippen LogP contribution < -0.4 is 14.2 Å². The van der Waals surface area contributed by atoms with Crippen LogP contribution in [-0.2, 0) is 6.42 Å². The van der Waals surface area contributed by atoms with E-state index in [9.17, 15) is 13.2 Å². The fraction of sp³-hybridized carbons (Fsp3) is 0.474. The Hall–Kier alpha value is -2.16. The fourth-order valence-corrected chi connectivity index (χ4v) is 3.43. The van der Waals surface area contributed by atoms with Gasteiger partial charge in [-0.1, -0.05) is 20.8 Å². The average molecular weight is 416 g/mol. The number of hydrogen-bond donors (Lipinski definition) is 0. The van der Waals surface area contributed by atoms with Gasteiger partial charge in [0.25, 0.3) is 0 Å². The molecule has 5 nitrogen and oxygen atoms in total. The van der Waals surface area contributed by atoms with Gasteiger partial charge < -0.3 is 14.2 Å². The van der Waals surface area contributed by atoms with Gasteiger partial charge in [-0.2, -0.15) is 0 Å². The lowest BCUT2D eigenvalue weighted by Gasteiger charge is -2.17. The molecule has 0 aliphatic carbocycles. The van der Waals surface area contributed by atoms with Gasteiger partial charge in [-0.25, -0.2) is 9.97 Å². The maximum atomic E-state index is 12.5. The van der Waals surface area contributed by atoms with Crippen LogP contribution in [0, 0.1) is 0 Å². The van der Waals surface area contributed by atoms with Crippen molar-refractivity contribution in [3.63, 3.8) is 0 Å². The lowest BCUT2D eigenvalue weighted by Crippen LogP contribution is -2.17. The number of aryl methyl sites for hydroxylation is 1. The minimum absolute atomic E-state index is 0.179. The fourth-order valence-electron chi connectivity index (χ4n) is 2.42. The molecular weight excluding hydrogens is 393 g/mol. The van der Waals surface area contributed by atoms with Gasteiger partial charge in [-0.05, 0) is 25.0 Å². The Labute approximate surface area is 166 Å². The molecule has 154 valence electrons. The van der Waals surface area contributed by atoms with Gasteiger partial charge in [-0.3, -0.25) is 0 Å². The highest BCUT2D eigenvalue weighted by Gasteiger charge is 2.31. The molecule has 1 atom stereocenters. The quantitative estimate of drug-likeness (QED) is 0.529. The summed E-state index contributed by atoms with van der Waals surface area (Å²) >= 11 is 1.62. The Balaban J connectivity index is 2.54. The monoisotopic (exact) mass is 416 g/mol. The molecule has 1 heterocycles. The summed E-state index contributed by atoms with van der Waals surface area (Å²) < 4.78 is 52.1. The van der Waals surface area contributed by atoms with E-state index in [1.165, 1.54) is 26.4 Å². The van der Waals surface area contributed by atoms with Gasteiger partial charge in [0, 0.05) is 16.9 Å². The summed E-state index contributed by atoms with van der Waals surface area (Å²) in [6.45, 7) is 6.17. The molecule has 0 amide bonds. The number of nitrogens with zero attached hydrogens (tertiary/aromatic N) is 2. The van der Waals surface area contributed by atoms with E-state index in [0.717, 1.165) is 23.2 Å². The van der Waals surface area contributed by atoms with Crippen molar-refractivity contribution in [2.45, 2.75) is 50.3 Å². The second-order valence-electron chi connectivity index (χ2n) is 5.93. The summed E-state index contributed by atoms with van der Waals surface area (Å²) in [6, 6.07) is 3.82. The predicted molar refractivity (Wildman–Crippen MR) is 102 cm³/mol. The van der Waals surface area contributed by atoms with E-state index >= 15 is 0 Å². The Morgan fingerprint density at radius 1 is 1.11 bits per heavy atom. The smallest absolute Gasteiger partial charge is 0.496 e. The Kier molecular flexibility index (Phi) is 7.40. The number of aromatic nitrogens is 2. The number of rotatable bonds is 8. The minimum atomic E-state index is -4.78. The summed E-state index contributed by atoms with van der Waals surface area (Å²) in [5, 5.41) is 1.15. The van der Waals surface area contributed by atoms with E-state index < -0.39 is 6.36 Å². The summed E-state index contributed by atoms with van der Waals surface area (Å²) in [4.78, 5) is 9.28. The van der Waals surface area contributed by atoms with Crippen LogP contribution in [0.3, 0.4) is 0 Å². The first-order valence-corrected chi connectivity index (χ1v) is 9.66. The number of benzene rings is 1. The molecule has 0 N–H and O–H groups in total. The minimum Gasteiger partial charge on any atom is -0.496 e. The maximum absolute atomic E-state index is 12.5. The number of methoxy groups -OCH3 is 2. The molecular formula is C19H23F3N2O3S. The van der Waals surface area contributed by atoms with Gasteiger partial charge in [0.2, 0.25) is 5.88 Å². The first kappa shape index (κ1) is 22.1. The highest BCUT2D eigenvalue weighted by molar-refractivity contribution is 7.99. The molecule has 28 heavy (non-hydrogen) atoms. The standard InChI is InChI=1S/C19H23F3N2O3S/c1-6-11(3)28-18-14(7-2)23-16(17(24-18)26-5)13-9-8-12(10-15(13)25-4)27-19(20,21)22/h8-11H,6-7H2,1-5H3. The number of hydrogen-bond acceptors (Lipinski definition) is 6. The van der Waals surface area contributed by atoms with E-state index in [4.69, 9.17) is 9.47 Å².